The summed E-state index contributed by atoms with van der Waals surface area (Å²) in [6, 6.07) is 9.87. The summed E-state index contributed by atoms with van der Waals surface area (Å²) in [7, 11) is 1.64. The minimum absolute atomic E-state index is 0.692. The van der Waals surface area contributed by atoms with E-state index in [1.807, 2.05) is 18.2 Å². The molecule has 0 aromatic heterocycles. The van der Waals surface area contributed by atoms with E-state index in [0.717, 1.165) is 36.1 Å². The van der Waals surface area contributed by atoms with Crippen molar-refractivity contribution < 1.29 is 13.5 Å². The summed E-state index contributed by atoms with van der Waals surface area (Å²) < 4.78 is 31.7. The summed E-state index contributed by atoms with van der Waals surface area (Å²) in [5.74, 6) is -0.814. The van der Waals surface area contributed by atoms with Crippen molar-refractivity contribution in [1.82, 2.24) is 0 Å². The lowest BCUT2D eigenvalue weighted by Crippen LogP contribution is -1.90. The van der Waals surface area contributed by atoms with E-state index in [4.69, 9.17) is 4.74 Å². The fraction of sp³-hybridized carbons (Fsp3) is 0.222. The maximum Gasteiger partial charge on any atom is 0.159 e. The third-order valence-electron chi connectivity index (χ3n) is 3.74. The summed E-state index contributed by atoms with van der Waals surface area (Å²) >= 11 is 0. The van der Waals surface area contributed by atoms with Gasteiger partial charge in [0.05, 0.1) is 7.11 Å². The van der Waals surface area contributed by atoms with Crippen LogP contribution in [0.15, 0.2) is 36.4 Å². The molecule has 0 saturated heterocycles. The van der Waals surface area contributed by atoms with Crippen molar-refractivity contribution in [3.63, 3.8) is 0 Å². The number of aryl methyl sites for hydroxylation is 1. The third kappa shape index (κ3) is 2.82. The Kier molecular flexibility index (Phi) is 3.74. The number of allylic oxidation sites excluding steroid dienone is 1. The molecule has 0 fully saturated rings. The molecule has 0 spiro atoms. The number of hydrogen-bond donors (Lipinski definition) is 0. The van der Waals surface area contributed by atoms with Gasteiger partial charge in [-0.05, 0) is 71.9 Å². The lowest BCUT2D eigenvalue weighted by molar-refractivity contribution is 0.414. The number of hydrogen-bond acceptors (Lipinski definition) is 1. The van der Waals surface area contributed by atoms with Gasteiger partial charge >= 0.3 is 0 Å². The SMILES string of the molecule is COc1ccc2c(c1)CCCC(c1ccc(F)c(F)c1)=[C]2. The molecule has 0 aliphatic heterocycles. The largest absolute Gasteiger partial charge is 0.497 e. The van der Waals surface area contributed by atoms with E-state index in [2.05, 4.69) is 6.08 Å². The van der Waals surface area contributed by atoms with Crippen LogP contribution < -0.4 is 4.74 Å². The first-order chi connectivity index (χ1) is 10.2. The number of fused-ring (bicyclic) bond motifs is 1. The molecule has 0 saturated carbocycles. The van der Waals surface area contributed by atoms with E-state index in [9.17, 15) is 8.78 Å². The average molecular weight is 285 g/mol. The molecule has 0 heterocycles. The van der Waals surface area contributed by atoms with Crippen LogP contribution in [-0.2, 0) is 6.42 Å². The predicted octanol–water partition coefficient (Wildman–Crippen LogP) is 4.54. The summed E-state index contributed by atoms with van der Waals surface area (Å²) in [6.45, 7) is 0. The smallest absolute Gasteiger partial charge is 0.159 e. The highest BCUT2D eigenvalue weighted by molar-refractivity contribution is 5.67. The fourth-order valence-electron chi connectivity index (χ4n) is 2.61. The Morgan fingerprint density at radius 2 is 1.86 bits per heavy atom. The molecule has 1 aliphatic carbocycles. The molecular weight excluding hydrogens is 270 g/mol. The Morgan fingerprint density at radius 1 is 1.00 bits per heavy atom. The number of rotatable bonds is 2. The van der Waals surface area contributed by atoms with E-state index < -0.39 is 11.6 Å². The van der Waals surface area contributed by atoms with E-state index in [-0.39, 0.29) is 0 Å². The average Bonchev–Trinajstić information content (AvgIpc) is 2.71. The molecule has 0 unspecified atom stereocenters. The zero-order valence-electron chi connectivity index (χ0n) is 11.7. The first kappa shape index (κ1) is 13.8. The highest BCUT2D eigenvalue weighted by Crippen LogP contribution is 2.30. The van der Waals surface area contributed by atoms with Gasteiger partial charge in [-0.25, -0.2) is 8.78 Å². The molecule has 0 atom stereocenters. The monoisotopic (exact) mass is 285 g/mol. The van der Waals surface area contributed by atoms with Gasteiger partial charge in [0.15, 0.2) is 11.6 Å². The van der Waals surface area contributed by atoms with Gasteiger partial charge in [-0.15, -0.1) is 0 Å². The molecule has 1 nitrogen and oxygen atoms in total. The van der Waals surface area contributed by atoms with Crippen LogP contribution in [0, 0.1) is 17.7 Å². The van der Waals surface area contributed by atoms with Gasteiger partial charge in [0, 0.05) is 0 Å². The molecule has 3 rings (SSSR count). The summed E-state index contributed by atoms with van der Waals surface area (Å²) in [4.78, 5) is 0. The Balaban J connectivity index is 2.02. The Bertz CT molecular complexity index is 704. The maximum atomic E-state index is 13.4. The standard InChI is InChI=1S/C18H15F2O/c1-21-16-7-5-14-9-12(3-2-4-13(14)10-16)15-6-8-17(19)18(20)11-15/h5-8,10-11H,2-4H2,1H3. The molecule has 107 valence electrons. The van der Waals surface area contributed by atoms with Gasteiger partial charge in [-0.1, -0.05) is 12.1 Å². The zero-order valence-corrected chi connectivity index (χ0v) is 11.7. The highest BCUT2D eigenvalue weighted by Gasteiger charge is 2.13. The molecule has 2 aromatic carbocycles. The van der Waals surface area contributed by atoms with Crippen LogP contribution in [0.3, 0.4) is 0 Å². The van der Waals surface area contributed by atoms with Crippen molar-refractivity contribution >= 4 is 5.57 Å². The third-order valence-corrected chi connectivity index (χ3v) is 3.74. The quantitative estimate of drug-likeness (QED) is 0.787. The van der Waals surface area contributed by atoms with E-state index in [1.165, 1.54) is 17.7 Å². The van der Waals surface area contributed by atoms with E-state index in [1.54, 1.807) is 13.2 Å². The number of methoxy groups -OCH3 is 1. The van der Waals surface area contributed by atoms with Crippen molar-refractivity contribution in [3.05, 3.63) is 70.8 Å². The normalized spacial score (nSPS) is 14.1. The number of ether oxygens (including phenoxy) is 1. The van der Waals surface area contributed by atoms with Crippen molar-refractivity contribution in [1.29, 1.82) is 0 Å². The van der Waals surface area contributed by atoms with Gasteiger partial charge in [-0.2, -0.15) is 0 Å². The van der Waals surface area contributed by atoms with Gasteiger partial charge in [0.2, 0.25) is 0 Å². The molecular formula is C18H15F2O. The minimum atomic E-state index is -0.821. The van der Waals surface area contributed by atoms with Gasteiger partial charge < -0.3 is 4.74 Å². The molecule has 2 aromatic rings. The minimum Gasteiger partial charge on any atom is -0.497 e. The van der Waals surface area contributed by atoms with Crippen LogP contribution in [0.2, 0.25) is 0 Å². The van der Waals surface area contributed by atoms with Crippen LogP contribution in [0.5, 0.6) is 5.75 Å². The lowest BCUT2D eigenvalue weighted by atomic mass is 10.0. The number of benzene rings is 2. The molecule has 0 bridgehead atoms. The molecule has 0 amide bonds. The molecule has 3 heteroatoms. The van der Waals surface area contributed by atoms with Crippen LogP contribution >= 0.6 is 0 Å². The molecule has 21 heavy (non-hydrogen) atoms. The summed E-state index contributed by atoms with van der Waals surface area (Å²) in [5, 5.41) is 0. The Morgan fingerprint density at radius 3 is 2.62 bits per heavy atom. The Hall–Kier alpha value is -2.16. The van der Waals surface area contributed by atoms with Crippen molar-refractivity contribution in [2.45, 2.75) is 19.3 Å². The van der Waals surface area contributed by atoms with Crippen LogP contribution in [-0.4, -0.2) is 7.11 Å². The summed E-state index contributed by atoms with van der Waals surface area (Å²) in [5.41, 5.74) is 3.77. The topological polar surface area (TPSA) is 9.23 Å². The first-order valence-electron chi connectivity index (χ1n) is 6.92. The maximum absolute atomic E-state index is 13.4. The number of halogens is 2. The van der Waals surface area contributed by atoms with Crippen LogP contribution in [0.4, 0.5) is 8.78 Å². The second-order valence-electron chi connectivity index (χ2n) is 5.11. The van der Waals surface area contributed by atoms with Gasteiger partial charge in [0.1, 0.15) is 5.75 Å². The zero-order chi connectivity index (χ0) is 14.8. The van der Waals surface area contributed by atoms with Crippen LogP contribution in [0.1, 0.15) is 29.5 Å². The second kappa shape index (κ2) is 5.68. The van der Waals surface area contributed by atoms with Crippen molar-refractivity contribution in [3.8, 4) is 5.75 Å². The first-order valence-corrected chi connectivity index (χ1v) is 6.92. The fourth-order valence-corrected chi connectivity index (χ4v) is 2.61. The lowest BCUT2D eigenvalue weighted by Gasteiger charge is -2.06. The van der Waals surface area contributed by atoms with Crippen LogP contribution in [0.25, 0.3) is 5.57 Å². The van der Waals surface area contributed by atoms with Crippen molar-refractivity contribution in [2.24, 2.45) is 0 Å². The second-order valence-corrected chi connectivity index (χ2v) is 5.11. The van der Waals surface area contributed by atoms with Gasteiger partial charge in [0.25, 0.3) is 0 Å². The Labute approximate surface area is 122 Å². The van der Waals surface area contributed by atoms with E-state index >= 15 is 0 Å². The molecule has 1 aliphatic rings. The van der Waals surface area contributed by atoms with Gasteiger partial charge in [-0.3, -0.25) is 0 Å². The van der Waals surface area contributed by atoms with E-state index in [0.29, 0.717) is 5.56 Å². The highest BCUT2D eigenvalue weighted by atomic mass is 19.2. The van der Waals surface area contributed by atoms with Crippen molar-refractivity contribution in [2.75, 3.05) is 7.11 Å². The molecule has 1 radical (unpaired) electrons. The summed E-state index contributed by atoms with van der Waals surface area (Å²) in [6.07, 6.45) is 6.01. The molecule has 0 N–H and O–H groups in total. The predicted molar refractivity (Wildman–Crippen MR) is 78.0 cm³/mol.